The Labute approximate surface area is 178 Å². The standard InChI is InChI=1S/C22H19ClFN5O/c1-12-15(11-25)14-8-7-13(23)9-18(14)29(12)17-6-4-5-16(20(17)24)22(2)10-19(30)28(3)21(26)27-22/h4-9H,10H2,1-3H3,(H2,26,27)/t22-/m0/s1. The summed E-state index contributed by atoms with van der Waals surface area (Å²) in [7, 11) is 1.51. The van der Waals surface area contributed by atoms with E-state index in [2.05, 4.69) is 11.4 Å². The Kier molecular flexibility index (Phi) is 4.55. The summed E-state index contributed by atoms with van der Waals surface area (Å²) in [6.07, 6.45) is 0.00688. The summed E-state index contributed by atoms with van der Waals surface area (Å²) in [5.74, 6) is -0.881. The lowest BCUT2D eigenvalue weighted by Gasteiger charge is -2.39. The van der Waals surface area contributed by atoms with Gasteiger partial charge in [-0.2, -0.15) is 5.26 Å². The SMILES string of the molecule is Cc1c(C#N)c2ccc(Cl)cc2n1-c1cccc([C@]2(C)CC(=O)N(C)C(=N)N2)c1F. The van der Waals surface area contributed by atoms with E-state index < -0.39 is 11.4 Å². The molecule has 4 rings (SSSR count). The average Bonchev–Trinajstić information content (AvgIpc) is 2.96. The molecule has 0 aliphatic carbocycles. The maximum atomic E-state index is 15.9. The molecule has 1 atom stereocenters. The number of rotatable bonds is 2. The molecule has 0 radical (unpaired) electrons. The molecule has 0 bridgehead atoms. The maximum absolute atomic E-state index is 15.9. The van der Waals surface area contributed by atoms with Gasteiger partial charge in [-0.1, -0.05) is 23.7 Å². The van der Waals surface area contributed by atoms with Crippen LogP contribution in [0.4, 0.5) is 4.39 Å². The van der Waals surface area contributed by atoms with E-state index in [1.54, 1.807) is 54.8 Å². The van der Waals surface area contributed by atoms with Crippen LogP contribution in [0.3, 0.4) is 0 Å². The van der Waals surface area contributed by atoms with Crippen LogP contribution in [0.1, 0.15) is 30.2 Å². The number of nitriles is 1. The third kappa shape index (κ3) is 2.84. The summed E-state index contributed by atoms with van der Waals surface area (Å²) < 4.78 is 17.6. The molecular formula is C22H19ClFN5O. The van der Waals surface area contributed by atoms with Crippen molar-refractivity contribution in [3.63, 3.8) is 0 Å². The van der Waals surface area contributed by atoms with E-state index in [0.717, 1.165) is 0 Å². The van der Waals surface area contributed by atoms with Crippen LogP contribution in [0.15, 0.2) is 36.4 Å². The molecule has 0 unspecified atom stereocenters. The van der Waals surface area contributed by atoms with Gasteiger partial charge in [0.05, 0.1) is 28.7 Å². The Morgan fingerprint density at radius 2 is 2.07 bits per heavy atom. The fraction of sp³-hybridized carbons (Fsp3) is 0.227. The van der Waals surface area contributed by atoms with Crippen molar-refractivity contribution in [1.82, 2.24) is 14.8 Å². The summed E-state index contributed by atoms with van der Waals surface area (Å²) in [5, 5.41) is 21.8. The molecule has 1 fully saturated rings. The number of fused-ring (bicyclic) bond motifs is 1. The third-order valence-corrected chi connectivity index (χ3v) is 5.94. The minimum atomic E-state index is -1.08. The lowest BCUT2D eigenvalue weighted by Crippen LogP contribution is -2.58. The van der Waals surface area contributed by atoms with Gasteiger partial charge in [-0.3, -0.25) is 15.1 Å². The normalized spacial score (nSPS) is 19.1. The van der Waals surface area contributed by atoms with E-state index in [0.29, 0.717) is 27.2 Å². The third-order valence-electron chi connectivity index (χ3n) is 5.70. The monoisotopic (exact) mass is 423 g/mol. The van der Waals surface area contributed by atoms with E-state index in [1.807, 2.05) is 0 Å². The van der Waals surface area contributed by atoms with Crippen molar-refractivity contribution in [3.8, 4) is 11.8 Å². The van der Waals surface area contributed by atoms with Gasteiger partial charge < -0.3 is 9.88 Å². The second-order valence-electron chi connectivity index (χ2n) is 7.64. The number of halogens is 2. The molecule has 1 aliphatic heterocycles. The van der Waals surface area contributed by atoms with Crippen LogP contribution < -0.4 is 5.32 Å². The first-order valence-electron chi connectivity index (χ1n) is 9.31. The van der Waals surface area contributed by atoms with Gasteiger partial charge in [0.1, 0.15) is 6.07 Å². The van der Waals surface area contributed by atoms with Crippen molar-refractivity contribution >= 4 is 34.4 Å². The molecule has 3 aromatic rings. The first kappa shape index (κ1) is 19.9. The Hall–Kier alpha value is -3.37. The number of guanidine groups is 1. The Morgan fingerprint density at radius 1 is 1.33 bits per heavy atom. The van der Waals surface area contributed by atoms with E-state index >= 15 is 4.39 Å². The number of nitrogens with one attached hydrogen (secondary N) is 2. The van der Waals surface area contributed by atoms with Crippen molar-refractivity contribution in [2.75, 3.05) is 7.05 Å². The number of hydrogen-bond donors (Lipinski definition) is 2. The van der Waals surface area contributed by atoms with Gasteiger partial charge in [-0.05, 0) is 38.1 Å². The highest BCUT2D eigenvalue weighted by Gasteiger charge is 2.40. The fourth-order valence-electron chi connectivity index (χ4n) is 4.06. The summed E-state index contributed by atoms with van der Waals surface area (Å²) in [6.45, 7) is 3.46. The predicted molar refractivity (Wildman–Crippen MR) is 113 cm³/mol. The molecule has 2 aromatic carbocycles. The molecule has 0 spiro atoms. The highest BCUT2D eigenvalue weighted by molar-refractivity contribution is 6.31. The Morgan fingerprint density at radius 3 is 2.73 bits per heavy atom. The Balaban J connectivity index is 1.95. The van der Waals surface area contributed by atoms with Crippen LogP contribution in [-0.2, 0) is 10.3 Å². The maximum Gasteiger partial charge on any atom is 0.231 e. The van der Waals surface area contributed by atoms with Crippen LogP contribution in [0, 0.1) is 29.5 Å². The molecule has 30 heavy (non-hydrogen) atoms. The number of carbonyl (C=O) groups excluding carboxylic acids is 1. The molecule has 2 N–H and O–H groups in total. The number of hydrogen-bond acceptors (Lipinski definition) is 3. The summed E-state index contributed by atoms with van der Waals surface area (Å²) in [6, 6.07) is 12.3. The average molecular weight is 424 g/mol. The zero-order valence-corrected chi connectivity index (χ0v) is 17.4. The number of carbonyl (C=O) groups is 1. The van der Waals surface area contributed by atoms with Gasteiger partial charge in [0.15, 0.2) is 11.8 Å². The molecule has 1 aromatic heterocycles. The van der Waals surface area contributed by atoms with Gasteiger partial charge in [0.25, 0.3) is 0 Å². The summed E-state index contributed by atoms with van der Waals surface area (Å²) in [5.41, 5.74) is 1.11. The van der Waals surface area contributed by atoms with Gasteiger partial charge in [0.2, 0.25) is 5.91 Å². The molecule has 1 saturated heterocycles. The van der Waals surface area contributed by atoms with Crippen LogP contribution in [0.2, 0.25) is 5.02 Å². The van der Waals surface area contributed by atoms with E-state index in [4.69, 9.17) is 17.0 Å². The molecular weight excluding hydrogens is 405 g/mol. The van der Waals surface area contributed by atoms with E-state index in [9.17, 15) is 10.1 Å². The zero-order valence-electron chi connectivity index (χ0n) is 16.7. The van der Waals surface area contributed by atoms with Crippen LogP contribution in [0.25, 0.3) is 16.6 Å². The molecule has 152 valence electrons. The van der Waals surface area contributed by atoms with Gasteiger partial charge in [0, 0.05) is 28.7 Å². The Bertz CT molecular complexity index is 1250. The van der Waals surface area contributed by atoms with Crippen molar-refractivity contribution in [1.29, 1.82) is 10.7 Å². The number of benzene rings is 2. The molecule has 1 aliphatic rings. The molecule has 0 saturated carbocycles. The van der Waals surface area contributed by atoms with Crippen LogP contribution in [0.5, 0.6) is 0 Å². The van der Waals surface area contributed by atoms with Crippen molar-refractivity contribution < 1.29 is 9.18 Å². The molecule has 8 heteroatoms. The number of amides is 1. The van der Waals surface area contributed by atoms with Gasteiger partial charge in [-0.15, -0.1) is 0 Å². The molecule has 2 heterocycles. The summed E-state index contributed by atoms with van der Waals surface area (Å²) in [4.78, 5) is 13.5. The van der Waals surface area contributed by atoms with Gasteiger partial charge in [-0.25, -0.2) is 4.39 Å². The lowest BCUT2D eigenvalue weighted by atomic mass is 9.86. The second-order valence-corrected chi connectivity index (χ2v) is 8.08. The highest BCUT2D eigenvalue weighted by Crippen LogP contribution is 2.36. The number of nitrogens with zero attached hydrogens (tertiary/aromatic N) is 3. The van der Waals surface area contributed by atoms with Crippen LogP contribution >= 0.6 is 11.6 Å². The minimum absolute atomic E-state index is 0.00688. The van der Waals surface area contributed by atoms with Gasteiger partial charge >= 0.3 is 0 Å². The topological polar surface area (TPSA) is 84.9 Å². The highest BCUT2D eigenvalue weighted by atomic mass is 35.5. The minimum Gasteiger partial charge on any atom is -0.346 e. The van der Waals surface area contributed by atoms with E-state index in [1.165, 1.54) is 11.9 Å². The van der Waals surface area contributed by atoms with Crippen molar-refractivity contribution in [2.45, 2.75) is 25.8 Å². The lowest BCUT2D eigenvalue weighted by molar-refractivity contribution is -0.129. The summed E-state index contributed by atoms with van der Waals surface area (Å²) >= 11 is 6.18. The predicted octanol–water partition coefficient (Wildman–Crippen LogP) is 4.20. The van der Waals surface area contributed by atoms with Crippen LogP contribution in [-0.4, -0.2) is 28.4 Å². The molecule has 1 amide bonds. The largest absolute Gasteiger partial charge is 0.346 e. The second kappa shape index (κ2) is 6.85. The quantitative estimate of drug-likeness (QED) is 0.647. The smallest absolute Gasteiger partial charge is 0.231 e. The van der Waals surface area contributed by atoms with Crippen molar-refractivity contribution in [3.05, 3.63) is 64.1 Å². The first-order valence-corrected chi connectivity index (χ1v) is 9.69. The molecule has 6 nitrogen and oxygen atoms in total. The van der Waals surface area contributed by atoms with E-state index in [-0.39, 0.29) is 29.5 Å². The van der Waals surface area contributed by atoms with Crippen molar-refractivity contribution in [2.24, 2.45) is 0 Å². The first-order chi connectivity index (χ1) is 14.2. The number of aromatic nitrogens is 1. The zero-order chi connectivity index (χ0) is 21.8. The fourth-order valence-corrected chi connectivity index (χ4v) is 4.22.